The summed E-state index contributed by atoms with van der Waals surface area (Å²) in [6.07, 6.45) is 2.37. The number of amides is 1. The summed E-state index contributed by atoms with van der Waals surface area (Å²) in [4.78, 5) is 11.8. The summed E-state index contributed by atoms with van der Waals surface area (Å²) in [6.45, 7) is 0. The Balaban J connectivity index is 1.78. The first kappa shape index (κ1) is 14.1. The van der Waals surface area contributed by atoms with Crippen LogP contribution in [0.5, 0.6) is 0 Å². The van der Waals surface area contributed by atoms with Gasteiger partial charge < -0.3 is 5.32 Å². The van der Waals surface area contributed by atoms with Crippen LogP contribution in [0.2, 0.25) is 0 Å². The van der Waals surface area contributed by atoms with Gasteiger partial charge in [0.15, 0.2) is 0 Å². The van der Waals surface area contributed by atoms with Gasteiger partial charge in [0.25, 0.3) is 0 Å². The van der Waals surface area contributed by atoms with Gasteiger partial charge in [-0.1, -0.05) is 42.5 Å². The predicted molar refractivity (Wildman–Crippen MR) is 87.2 cm³/mol. The number of rotatable bonds is 5. The lowest BCUT2D eigenvalue weighted by atomic mass is 10.1. The molecule has 0 unspecified atom stereocenters. The van der Waals surface area contributed by atoms with E-state index in [2.05, 4.69) is 40.0 Å². The largest absolute Gasteiger partial charge is 0.325 e. The van der Waals surface area contributed by atoms with Crippen molar-refractivity contribution < 1.29 is 4.79 Å². The minimum Gasteiger partial charge on any atom is -0.325 e. The topological polar surface area (TPSA) is 29.1 Å². The molecule has 0 heterocycles. The lowest BCUT2D eigenvalue weighted by molar-refractivity contribution is -0.116. The summed E-state index contributed by atoms with van der Waals surface area (Å²) in [5.41, 5.74) is 2.18. The monoisotopic (exact) mass is 365 g/mol. The first-order valence-electron chi connectivity index (χ1n) is 6.34. The number of hydrogen-bond acceptors (Lipinski definition) is 1. The molecule has 0 radical (unpaired) electrons. The number of halogens is 1. The molecule has 0 saturated heterocycles. The minimum absolute atomic E-state index is 0.0834. The van der Waals surface area contributed by atoms with Crippen LogP contribution in [0.15, 0.2) is 54.6 Å². The second-order valence-electron chi connectivity index (χ2n) is 4.37. The SMILES string of the molecule is O=C(CCCc1ccccc1)Nc1ccccc1I. The Morgan fingerprint density at radius 1 is 1.00 bits per heavy atom. The molecule has 0 aliphatic heterocycles. The van der Waals surface area contributed by atoms with Crippen LogP contribution < -0.4 is 5.32 Å². The fraction of sp³-hybridized carbons (Fsp3) is 0.188. The zero-order valence-corrected chi connectivity index (χ0v) is 12.8. The molecule has 0 spiro atoms. The van der Waals surface area contributed by atoms with Crippen molar-refractivity contribution in [3.8, 4) is 0 Å². The van der Waals surface area contributed by atoms with E-state index in [1.54, 1.807) is 0 Å². The van der Waals surface area contributed by atoms with Gasteiger partial charge in [-0.05, 0) is 53.1 Å². The molecule has 0 fully saturated rings. The third kappa shape index (κ3) is 4.67. The fourth-order valence-electron chi connectivity index (χ4n) is 1.87. The van der Waals surface area contributed by atoms with E-state index in [4.69, 9.17) is 0 Å². The van der Waals surface area contributed by atoms with Crippen LogP contribution in [0.3, 0.4) is 0 Å². The molecule has 2 rings (SSSR count). The van der Waals surface area contributed by atoms with Crippen molar-refractivity contribution in [2.45, 2.75) is 19.3 Å². The number of hydrogen-bond donors (Lipinski definition) is 1. The highest BCUT2D eigenvalue weighted by Crippen LogP contribution is 2.17. The van der Waals surface area contributed by atoms with Gasteiger partial charge in [0.1, 0.15) is 0 Å². The third-order valence-electron chi connectivity index (χ3n) is 2.86. The van der Waals surface area contributed by atoms with E-state index in [9.17, 15) is 4.79 Å². The van der Waals surface area contributed by atoms with E-state index in [1.165, 1.54) is 5.56 Å². The molecule has 0 aromatic heterocycles. The van der Waals surface area contributed by atoms with Gasteiger partial charge in [-0.2, -0.15) is 0 Å². The van der Waals surface area contributed by atoms with Crippen molar-refractivity contribution in [2.24, 2.45) is 0 Å². The second-order valence-corrected chi connectivity index (χ2v) is 5.53. The summed E-state index contributed by atoms with van der Waals surface area (Å²) in [5, 5.41) is 2.95. The van der Waals surface area contributed by atoms with Crippen molar-refractivity contribution in [2.75, 3.05) is 5.32 Å². The Bertz CT molecular complexity index is 539. The van der Waals surface area contributed by atoms with E-state index in [0.29, 0.717) is 6.42 Å². The minimum atomic E-state index is 0.0834. The molecule has 0 aliphatic rings. The lowest BCUT2D eigenvalue weighted by Gasteiger charge is -2.07. The molecular weight excluding hydrogens is 349 g/mol. The van der Waals surface area contributed by atoms with Crippen molar-refractivity contribution >= 4 is 34.2 Å². The normalized spacial score (nSPS) is 10.2. The maximum Gasteiger partial charge on any atom is 0.224 e. The van der Waals surface area contributed by atoms with Gasteiger partial charge in [0, 0.05) is 9.99 Å². The molecule has 2 aromatic rings. The fourth-order valence-corrected chi connectivity index (χ4v) is 2.40. The number of anilines is 1. The zero-order chi connectivity index (χ0) is 13.5. The Morgan fingerprint density at radius 2 is 1.68 bits per heavy atom. The number of para-hydroxylation sites is 1. The summed E-state index contributed by atoms with van der Waals surface area (Å²) in [5.74, 6) is 0.0834. The summed E-state index contributed by atoms with van der Waals surface area (Å²) in [6, 6.07) is 18.1. The van der Waals surface area contributed by atoms with Crippen LogP contribution in [0.1, 0.15) is 18.4 Å². The highest BCUT2D eigenvalue weighted by molar-refractivity contribution is 14.1. The number of carbonyl (C=O) groups is 1. The van der Waals surface area contributed by atoms with Crippen LogP contribution in [-0.4, -0.2) is 5.91 Å². The molecule has 0 saturated carbocycles. The van der Waals surface area contributed by atoms with E-state index in [1.807, 2.05) is 42.5 Å². The van der Waals surface area contributed by atoms with Crippen LogP contribution in [0.25, 0.3) is 0 Å². The molecular formula is C16H16INO. The smallest absolute Gasteiger partial charge is 0.224 e. The molecule has 0 bridgehead atoms. The molecule has 0 aliphatic carbocycles. The van der Waals surface area contributed by atoms with Crippen molar-refractivity contribution in [3.63, 3.8) is 0 Å². The molecule has 3 heteroatoms. The van der Waals surface area contributed by atoms with Gasteiger partial charge in [-0.15, -0.1) is 0 Å². The number of nitrogens with one attached hydrogen (secondary N) is 1. The first-order valence-corrected chi connectivity index (χ1v) is 7.42. The van der Waals surface area contributed by atoms with Gasteiger partial charge in [0.2, 0.25) is 5.91 Å². The molecule has 98 valence electrons. The van der Waals surface area contributed by atoms with Crippen molar-refractivity contribution in [1.29, 1.82) is 0 Å². The lowest BCUT2D eigenvalue weighted by Crippen LogP contribution is -2.12. The molecule has 19 heavy (non-hydrogen) atoms. The summed E-state index contributed by atoms with van der Waals surface area (Å²) < 4.78 is 1.07. The van der Waals surface area contributed by atoms with E-state index in [0.717, 1.165) is 22.1 Å². The third-order valence-corrected chi connectivity index (χ3v) is 3.80. The summed E-state index contributed by atoms with van der Waals surface area (Å²) >= 11 is 2.23. The molecule has 1 N–H and O–H groups in total. The average Bonchev–Trinajstić information content (AvgIpc) is 2.43. The quantitative estimate of drug-likeness (QED) is 0.789. The maximum atomic E-state index is 11.8. The number of carbonyl (C=O) groups excluding carboxylic acids is 1. The summed E-state index contributed by atoms with van der Waals surface area (Å²) in [7, 11) is 0. The zero-order valence-electron chi connectivity index (χ0n) is 10.6. The Kier molecular flexibility index (Phi) is 5.39. The highest BCUT2D eigenvalue weighted by Gasteiger charge is 2.04. The van der Waals surface area contributed by atoms with E-state index < -0.39 is 0 Å². The number of benzene rings is 2. The predicted octanol–water partition coefficient (Wildman–Crippen LogP) is 4.25. The van der Waals surface area contributed by atoms with Gasteiger partial charge in [-0.3, -0.25) is 4.79 Å². The molecule has 2 aromatic carbocycles. The van der Waals surface area contributed by atoms with E-state index >= 15 is 0 Å². The molecule has 2 nitrogen and oxygen atoms in total. The second kappa shape index (κ2) is 7.28. The Morgan fingerprint density at radius 3 is 2.42 bits per heavy atom. The van der Waals surface area contributed by atoms with Gasteiger partial charge in [-0.25, -0.2) is 0 Å². The molecule has 0 atom stereocenters. The Hall–Kier alpha value is -1.36. The highest BCUT2D eigenvalue weighted by atomic mass is 127. The standard InChI is InChI=1S/C16H16INO/c17-14-10-4-5-11-15(14)18-16(19)12-6-9-13-7-2-1-3-8-13/h1-5,7-8,10-11H,6,9,12H2,(H,18,19). The molecule has 1 amide bonds. The first-order chi connectivity index (χ1) is 9.25. The van der Waals surface area contributed by atoms with Gasteiger partial charge >= 0.3 is 0 Å². The van der Waals surface area contributed by atoms with Crippen LogP contribution in [0, 0.1) is 3.57 Å². The average molecular weight is 365 g/mol. The van der Waals surface area contributed by atoms with Crippen molar-refractivity contribution in [1.82, 2.24) is 0 Å². The van der Waals surface area contributed by atoms with Crippen LogP contribution in [0.4, 0.5) is 5.69 Å². The van der Waals surface area contributed by atoms with Gasteiger partial charge in [0.05, 0.1) is 5.69 Å². The Labute approximate surface area is 127 Å². The maximum absolute atomic E-state index is 11.8. The van der Waals surface area contributed by atoms with E-state index in [-0.39, 0.29) is 5.91 Å². The van der Waals surface area contributed by atoms with Crippen LogP contribution >= 0.6 is 22.6 Å². The van der Waals surface area contributed by atoms with Crippen molar-refractivity contribution in [3.05, 3.63) is 63.7 Å². The van der Waals surface area contributed by atoms with Crippen LogP contribution in [-0.2, 0) is 11.2 Å². The number of aryl methyl sites for hydroxylation is 1.